The molecule has 3 nitrogen and oxygen atoms in total. The molecule has 0 saturated carbocycles. The fourth-order valence-corrected chi connectivity index (χ4v) is 4.02. The Kier molecular flexibility index (Phi) is 4.35. The lowest BCUT2D eigenvalue weighted by Gasteiger charge is -2.43. The summed E-state index contributed by atoms with van der Waals surface area (Å²) in [5, 5.41) is 0. The summed E-state index contributed by atoms with van der Waals surface area (Å²) in [5.74, 6) is 0.485. The van der Waals surface area contributed by atoms with Crippen molar-refractivity contribution in [3.63, 3.8) is 0 Å². The maximum Gasteiger partial charge on any atom is 0.311 e. The van der Waals surface area contributed by atoms with E-state index in [1.54, 1.807) is 0 Å². The zero-order valence-electron chi connectivity index (χ0n) is 13.8. The molecule has 3 aliphatic rings. The van der Waals surface area contributed by atoms with E-state index >= 15 is 0 Å². The minimum absolute atomic E-state index is 0.0300. The fourth-order valence-electron chi connectivity index (χ4n) is 4.02. The number of rotatable bonds is 4. The summed E-state index contributed by atoms with van der Waals surface area (Å²) >= 11 is 0. The van der Waals surface area contributed by atoms with Gasteiger partial charge in [0.25, 0.3) is 0 Å². The normalized spacial score (nSPS) is 25.6. The van der Waals surface area contributed by atoms with Gasteiger partial charge in [0, 0.05) is 6.54 Å². The number of hydrogen-bond acceptors (Lipinski definition) is 3. The van der Waals surface area contributed by atoms with Crippen LogP contribution in [-0.2, 0) is 9.53 Å². The molecule has 1 unspecified atom stereocenters. The predicted molar refractivity (Wildman–Crippen MR) is 93.5 cm³/mol. The largest absolute Gasteiger partial charge is 0.452 e. The van der Waals surface area contributed by atoms with Crippen molar-refractivity contribution in [2.24, 2.45) is 11.8 Å². The molecule has 1 atom stereocenters. The Labute approximate surface area is 143 Å². The average molecular weight is 321 g/mol. The number of carbonyl (C=O) groups excluding carboxylic acids is 1. The van der Waals surface area contributed by atoms with Gasteiger partial charge in [0.2, 0.25) is 0 Å². The maximum atomic E-state index is 12.9. The van der Waals surface area contributed by atoms with Crippen LogP contribution in [0.4, 0.5) is 0 Å². The second-order valence-electron chi connectivity index (χ2n) is 6.88. The number of ether oxygens (including phenoxy) is 1. The van der Waals surface area contributed by atoms with Gasteiger partial charge in [-0.2, -0.15) is 0 Å². The van der Waals surface area contributed by atoms with Gasteiger partial charge in [-0.3, -0.25) is 4.79 Å². The quantitative estimate of drug-likeness (QED) is 0.805. The number of esters is 1. The summed E-state index contributed by atoms with van der Waals surface area (Å²) < 4.78 is 6.05. The van der Waals surface area contributed by atoms with E-state index in [0.29, 0.717) is 5.92 Å². The van der Waals surface area contributed by atoms with Gasteiger partial charge in [-0.25, -0.2) is 0 Å². The number of benzene rings is 2. The van der Waals surface area contributed by atoms with Crippen LogP contribution in [0.3, 0.4) is 0 Å². The standard InChI is InChI=1S/C21H23NO2/c23-21(19-15-22-13-11-16(19)12-14-22)24-20(17-7-3-1-4-8-17)18-9-5-2-6-10-18/h1-10,16,19-20H,11-15H2. The third-order valence-electron chi connectivity index (χ3n) is 5.40. The Bertz CT molecular complexity index is 638. The van der Waals surface area contributed by atoms with Gasteiger partial charge in [-0.05, 0) is 43.0 Å². The van der Waals surface area contributed by atoms with Crippen LogP contribution in [0, 0.1) is 11.8 Å². The van der Waals surface area contributed by atoms with E-state index < -0.39 is 0 Å². The molecule has 3 heterocycles. The first-order chi connectivity index (χ1) is 11.8. The van der Waals surface area contributed by atoms with E-state index in [-0.39, 0.29) is 18.0 Å². The zero-order valence-corrected chi connectivity index (χ0v) is 13.8. The molecular formula is C21H23NO2. The van der Waals surface area contributed by atoms with E-state index in [2.05, 4.69) is 4.90 Å². The molecule has 3 saturated heterocycles. The van der Waals surface area contributed by atoms with E-state index in [0.717, 1.165) is 43.6 Å². The van der Waals surface area contributed by atoms with Crippen LogP contribution in [0.1, 0.15) is 30.1 Å². The molecule has 124 valence electrons. The number of carbonyl (C=O) groups is 1. The highest BCUT2D eigenvalue weighted by Gasteiger charge is 2.40. The second kappa shape index (κ2) is 6.78. The van der Waals surface area contributed by atoms with Crippen LogP contribution < -0.4 is 0 Å². The molecular weight excluding hydrogens is 298 g/mol. The molecule has 3 heteroatoms. The van der Waals surface area contributed by atoms with E-state index in [4.69, 9.17) is 4.74 Å². The molecule has 3 fully saturated rings. The molecule has 2 aromatic rings. The summed E-state index contributed by atoms with van der Waals surface area (Å²) in [6.07, 6.45) is 1.93. The lowest BCUT2D eigenvalue weighted by atomic mass is 9.79. The molecule has 0 aromatic heterocycles. The van der Waals surface area contributed by atoms with Crippen LogP contribution in [0.5, 0.6) is 0 Å². The first-order valence-corrected chi connectivity index (χ1v) is 8.84. The predicted octanol–water partition coefficient (Wildman–Crippen LogP) is 3.66. The topological polar surface area (TPSA) is 29.5 Å². The monoisotopic (exact) mass is 321 g/mol. The third kappa shape index (κ3) is 3.09. The lowest BCUT2D eigenvalue weighted by molar-refractivity contribution is -0.159. The molecule has 0 amide bonds. The van der Waals surface area contributed by atoms with Crippen molar-refractivity contribution in [2.45, 2.75) is 18.9 Å². The minimum atomic E-state index is -0.324. The van der Waals surface area contributed by atoms with Crippen LogP contribution >= 0.6 is 0 Å². The number of nitrogens with zero attached hydrogens (tertiary/aromatic N) is 1. The SMILES string of the molecule is O=C(OC(c1ccccc1)c1ccccc1)C1CN2CCC1CC2. The van der Waals surface area contributed by atoms with Gasteiger partial charge in [-0.1, -0.05) is 60.7 Å². The Morgan fingerprint density at radius 1 is 0.917 bits per heavy atom. The van der Waals surface area contributed by atoms with Gasteiger partial charge in [0.05, 0.1) is 5.92 Å². The molecule has 0 spiro atoms. The van der Waals surface area contributed by atoms with E-state index in [1.165, 1.54) is 0 Å². The number of piperidine rings is 3. The van der Waals surface area contributed by atoms with Gasteiger partial charge in [0.15, 0.2) is 6.10 Å². The molecule has 2 bridgehead atoms. The average Bonchev–Trinajstić information content (AvgIpc) is 2.68. The molecule has 3 aliphatic heterocycles. The first kappa shape index (κ1) is 15.4. The van der Waals surface area contributed by atoms with Crippen molar-refractivity contribution < 1.29 is 9.53 Å². The highest BCUT2D eigenvalue weighted by Crippen LogP contribution is 2.35. The van der Waals surface area contributed by atoms with Gasteiger partial charge < -0.3 is 9.64 Å². The van der Waals surface area contributed by atoms with Crippen molar-refractivity contribution in [2.75, 3.05) is 19.6 Å². The summed E-state index contributed by atoms with van der Waals surface area (Å²) in [5.41, 5.74) is 2.05. The molecule has 2 aromatic carbocycles. The first-order valence-electron chi connectivity index (χ1n) is 8.84. The molecule has 0 N–H and O–H groups in total. The Morgan fingerprint density at radius 3 is 1.92 bits per heavy atom. The summed E-state index contributed by atoms with van der Waals surface area (Å²) in [6, 6.07) is 20.1. The highest BCUT2D eigenvalue weighted by atomic mass is 16.5. The molecule has 0 aliphatic carbocycles. The summed E-state index contributed by atoms with van der Waals surface area (Å²) in [4.78, 5) is 15.3. The van der Waals surface area contributed by atoms with Crippen LogP contribution in [0.2, 0.25) is 0 Å². The Hall–Kier alpha value is -2.13. The Balaban J connectivity index is 1.57. The van der Waals surface area contributed by atoms with Crippen molar-refractivity contribution >= 4 is 5.97 Å². The molecule has 0 radical (unpaired) electrons. The van der Waals surface area contributed by atoms with Crippen molar-refractivity contribution in [3.8, 4) is 0 Å². The van der Waals surface area contributed by atoms with Crippen molar-refractivity contribution in [1.82, 2.24) is 4.90 Å². The fraction of sp³-hybridized carbons (Fsp3) is 0.381. The minimum Gasteiger partial charge on any atom is -0.452 e. The smallest absolute Gasteiger partial charge is 0.311 e. The highest BCUT2D eigenvalue weighted by molar-refractivity contribution is 5.74. The van der Waals surface area contributed by atoms with Gasteiger partial charge in [-0.15, -0.1) is 0 Å². The van der Waals surface area contributed by atoms with Crippen molar-refractivity contribution in [1.29, 1.82) is 0 Å². The zero-order chi connectivity index (χ0) is 16.4. The van der Waals surface area contributed by atoms with Crippen LogP contribution in [0.25, 0.3) is 0 Å². The second-order valence-corrected chi connectivity index (χ2v) is 6.88. The van der Waals surface area contributed by atoms with Gasteiger partial charge >= 0.3 is 5.97 Å². The number of hydrogen-bond donors (Lipinski definition) is 0. The molecule has 24 heavy (non-hydrogen) atoms. The van der Waals surface area contributed by atoms with Gasteiger partial charge in [0.1, 0.15) is 0 Å². The summed E-state index contributed by atoms with van der Waals surface area (Å²) in [6.45, 7) is 3.13. The van der Waals surface area contributed by atoms with E-state index in [9.17, 15) is 4.79 Å². The van der Waals surface area contributed by atoms with Crippen LogP contribution in [0.15, 0.2) is 60.7 Å². The molecule has 5 rings (SSSR count). The third-order valence-corrected chi connectivity index (χ3v) is 5.40. The van der Waals surface area contributed by atoms with Crippen LogP contribution in [-0.4, -0.2) is 30.5 Å². The Morgan fingerprint density at radius 2 is 1.46 bits per heavy atom. The lowest BCUT2D eigenvalue weighted by Crippen LogP contribution is -2.50. The maximum absolute atomic E-state index is 12.9. The van der Waals surface area contributed by atoms with E-state index in [1.807, 2.05) is 60.7 Å². The number of fused-ring (bicyclic) bond motifs is 3. The van der Waals surface area contributed by atoms with Crippen molar-refractivity contribution in [3.05, 3.63) is 71.8 Å². The summed E-state index contributed by atoms with van der Waals surface area (Å²) in [7, 11) is 0.